The van der Waals surface area contributed by atoms with Crippen LogP contribution in [0, 0.1) is 11.8 Å². The quantitative estimate of drug-likeness (QED) is 0.504. The van der Waals surface area contributed by atoms with Crippen LogP contribution in [0.5, 0.6) is 0 Å². The van der Waals surface area contributed by atoms with E-state index in [0.717, 1.165) is 23.0 Å². The smallest absolute Gasteiger partial charge is 0.228 e. The van der Waals surface area contributed by atoms with Crippen molar-refractivity contribution in [3.05, 3.63) is 35.5 Å². The lowest BCUT2D eigenvalue weighted by molar-refractivity contribution is -0.166. The molecule has 1 aromatic carbocycles. The number of para-hydroxylation sites is 1. The Morgan fingerprint density at radius 2 is 1.92 bits per heavy atom. The molecule has 0 spiro atoms. The highest BCUT2D eigenvalue weighted by atomic mass is 16.5. The molecule has 2 N–H and O–H groups in total. The molecule has 4 rings (SSSR count). The molecule has 2 aliphatic rings. The molecule has 0 radical (unpaired) electrons. The molecule has 2 aromatic rings. The summed E-state index contributed by atoms with van der Waals surface area (Å²) in [5.41, 5.74) is 2.36. The van der Waals surface area contributed by atoms with Crippen LogP contribution in [0.4, 0.5) is 0 Å². The van der Waals surface area contributed by atoms with Gasteiger partial charge >= 0.3 is 0 Å². The number of ether oxygens (including phenoxy) is 1. The summed E-state index contributed by atoms with van der Waals surface area (Å²) < 4.78 is 5.06. The van der Waals surface area contributed by atoms with E-state index in [9.17, 15) is 14.4 Å². The standard InChI is InChI=1S/C29H42N4O4/c1-18(2)33(19(3)4)28(36)23-16-20(17-25(34)30-13-9-15-37-6)27(35)32-14-12-22-21-10-7-8-11-24(21)31-26(22)29(23,32)5/h7-8,10-11,18-20,23,31H,9,12-17H2,1-6H3,(H,30,34)/t20?,23-,29+/m1/s1. The van der Waals surface area contributed by atoms with E-state index in [2.05, 4.69) is 16.4 Å². The van der Waals surface area contributed by atoms with Gasteiger partial charge in [-0.3, -0.25) is 14.4 Å². The van der Waals surface area contributed by atoms with Crippen LogP contribution in [0.1, 0.15) is 65.1 Å². The highest BCUT2D eigenvalue weighted by Crippen LogP contribution is 2.50. The first kappa shape index (κ1) is 27.2. The summed E-state index contributed by atoms with van der Waals surface area (Å²) in [6.07, 6.45) is 1.87. The van der Waals surface area contributed by atoms with Gasteiger partial charge in [0, 0.05) is 67.8 Å². The van der Waals surface area contributed by atoms with E-state index >= 15 is 0 Å². The number of piperidine rings is 1. The first-order chi connectivity index (χ1) is 17.6. The van der Waals surface area contributed by atoms with Gasteiger partial charge in [0.25, 0.3) is 0 Å². The molecule has 37 heavy (non-hydrogen) atoms. The Morgan fingerprint density at radius 3 is 2.59 bits per heavy atom. The number of hydrogen-bond donors (Lipinski definition) is 2. The Labute approximate surface area is 220 Å². The minimum Gasteiger partial charge on any atom is -0.385 e. The largest absolute Gasteiger partial charge is 0.385 e. The van der Waals surface area contributed by atoms with Crippen molar-refractivity contribution in [2.24, 2.45) is 11.8 Å². The Kier molecular flexibility index (Phi) is 7.97. The van der Waals surface area contributed by atoms with E-state index in [4.69, 9.17) is 4.74 Å². The fourth-order valence-corrected chi connectivity index (χ4v) is 6.56. The van der Waals surface area contributed by atoms with Gasteiger partial charge in [0.15, 0.2) is 0 Å². The lowest BCUT2D eigenvalue weighted by Gasteiger charge is -2.54. The molecule has 8 nitrogen and oxygen atoms in total. The number of H-pyrrole nitrogens is 1. The maximum atomic E-state index is 14.3. The number of hydrogen-bond acceptors (Lipinski definition) is 4. The second kappa shape index (κ2) is 10.9. The molecule has 1 saturated heterocycles. The number of carbonyl (C=O) groups excluding carboxylic acids is 3. The van der Waals surface area contributed by atoms with Crippen LogP contribution >= 0.6 is 0 Å². The van der Waals surface area contributed by atoms with Gasteiger partial charge in [-0.1, -0.05) is 18.2 Å². The van der Waals surface area contributed by atoms with Crippen LogP contribution in [-0.4, -0.2) is 71.4 Å². The molecule has 1 unspecified atom stereocenters. The van der Waals surface area contributed by atoms with Crippen molar-refractivity contribution in [3.63, 3.8) is 0 Å². The summed E-state index contributed by atoms with van der Waals surface area (Å²) in [4.78, 5) is 48.4. The number of methoxy groups -OCH3 is 1. The summed E-state index contributed by atoms with van der Waals surface area (Å²) in [6.45, 7) is 11.8. The molecular weight excluding hydrogens is 468 g/mol. The van der Waals surface area contributed by atoms with Crippen molar-refractivity contribution in [3.8, 4) is 0 Å². The number of carbonyl (C=O) groups is 3. The van der Waals surface area contributed by atoms with Crippen LogP contribution in [0.25, 0.3) is 10.9 Å². The monoisotopic (exact) mass is 510 g/mol. The molecule has 3 heterocycles. The van der Waals surface area contributed by atoms with Crippen LogP contribution in [0.15, 0.2) is 24.3 Å². The van der Waals surface area contributed by atoms with Gasteiger partial charge in [-0.25, -0.2) is 0 Å². The molecule has 3 amide bonds. The minimum atomic E-state index is -0.811. The molecule has 1 fully saturated rings. The predicted octanol–water partition coefficient (Wildman–Crippen LogP) is 3.59. The number of nitrogens with zero attached hydrogens (tertiary/aromatic N) is 2. The van der Waals surface area contributed by atoms with E-state index in [0.29, 0.717) is 32.5 Å². The summed E-state index contributed by atoms with van der Waals surface area (Å²) in [5, 5.41) is 4.06. The zero-order chi connectivity index (χ0) is 26.9. The van der Waals surface area contributed by atoms with Crippen LogP contribution in [0.2, 0.25) is 0 Å². The average molecular weight is 511 g/mol. The molecule has 202 valence electrons. The van der Waals surface area contributed by atoms with Crippen LogP contribution in [-0.2, 0) is 31.1 Å². The molecule has 3 atom stereocenters. The van der Waals surface area contributed by atoms with E-state index in [-0.39, 0.29) is 36.2 Å². The fraction of sp³-hybridized carbons (Fsp3) is 0.621. The topological polar surface area (TPSA) is 94.7 Å². The third kappa shape index (κ3) is 4.88. The summed E-state index contributed by atoms with van der Waals surface area (Å²) in [6, 6.07) is 8.23. The summed E-state index contributed by atoms with van der Waals surface area (Å²) in [5.74, 6) is -1.15. The number of rotatable bonds is 9. The van der Waals surface area contributed by atoms with Gasteiger partial charge in [0.1, 0.15) is 0 Å². The van der Waals surface area contributed by atoms with E-state index < -0.39 is 17.4 Å². The maximum Gasteiger partial charge on any atom is 0.228 e. The average Bonchev–Trinajstić information content (AvgIpc) is 3.23. The van der Waals surface area contributed by atoms with Gasteiger partial charge in [0.05, 0.1) is 11.5 Å². The summed E-state index contributed by atoms with van der Waals surface area (Å²) >= 11 is 0. The fourth-order valence-electron chi connectivity index (χ4n) is 6.56. The van der Waals surface area contributed by atoms with Crippen LogP contribution in [0.3, 0.4) is 0 Å². The van der Waals surface area contributed by atoms with Crippen LogP contribution < -0.4 is 5.32 Å². The normalized spacial score (nSPS) is 23.4. The lowest BCUT2D eigenvalue weighted by atomic mass is 9.67. The number of amides is 3. The molecule has 2 aliphatic heterocycles. The van der Waals surface area contributed by atoms with E-state index in [1.165, 1.54) is 5.56 Å². The van der Waals surface area contributed by atoms with Crippen molar-refractivity contribution >= 4 is 28.6 Å². The van der Waals surface area contributed by atoms with Gasteiger partial charge in [-0.2, -0.15) is 0 Å². The van der Waals surface area contributed by atoms with Gasteiger partial charge in [-0.05, 0) is 65.5 Å². The zero-order valence-corrected chi connectivity index (χ0v) is 23.1. The van der Waals surface area contributed by atoms with Crippen molar-refractivity contribution in [1.29, 1.82) is 0 Å². The van der Waals surface area contributed by atoms with Crippen molar-refractivity contribution in [2.45, 2.75) is 77.9 Å². The highest BCUT2D eigenvalue weighted by molar-refractivity contribution is 5.93. The maximum absolute atomic E-state index is 14.3. The zero-order valence-electron chi connectivity index (χ0n) is 23.1. The van der Waals surface area contributed by atoms with Crippen molar-refractivity contribution < 1.29 is 19.1 Å². The molecule has 8 heteroatoms. The van der Waals surface area contributed by atoms with Crippen molar-refractivity contribution in [1.82, 2.24) is 20.1 Å². The molecule has 0 bridgehead atoms. The first-order valence-electron chi connectivity index (χ1n) is 13.6. The highest BCUT2D eigenvalue weighted by Gasteiger charge is 2.57. The molecular formula is C29H42N4O4. The van der Waals surface area contributed by atoms with E-state index in [1.54, 1.807) is 7.11 Å². The Bertz CT molecular complexity index is 1150. The lowest BCUT2D eigenvalue weighted by Crippen LogP contribution is -2.65. The molecule has 1 aromatic heterocycles. The third-order valence-electron chi connectivity index (χ3n) is 8.22. The first-order valence-corrected chi connectivity index (χ1v) is 13.6. The second-order valence-corrected chi connectivity index (χ2v) is 11.2. The Morgan fingerprint density at radius 1 is 1.22 bits per heavy atom. The van der Waals surface area contributed by atoms with Gasteiger partial charge in [0.2, 0.25) is 17.7 Å². The van der Waals surface area contributed by atoms with Gasteiger partial charge in [-0.15, -0.1) is 0 Å². The number of nitrogens with one attached hydrogen (secondary N) is 2. The third-order valence-corrected chi connectivity index (χ3v) is 8.22. The number of benzene rings is 1. The summed E-state index contributed by atoms with van der Waals surface area (Å²) in [7, 11) is 1.63. The predicted molar refractivity (Wildman–Crippen MR) is 144 cm³/mol. The Hall–Kier alpha value is -2.87. The SMILES string of the molecule is COCCCNC(=O)CC1C[C@H](C(=O)N(C(C)C)C(C)C)[C@@]2(C)c3[nH]c4ccccc4c3CCN2C1=O. The minimum absolute atomic E-state index is 0.0236. The molecule has 0 saturated carbocycles. The van der Waals surface area contributed by atoms with Gasteiger partial charge < -0.3 is 24.8 Å². The number of aromatic amines is 1. The van der Waals surface area contributed by atoms with E-state index in [1.807, 2.05) is 62.6 Å². The number of fused-ring (bicyclic) bond motifs is 5. The second-order valence-electron chi connectivity index (χ2n) is 11.2. The Balaban J connectivity index is 1.73. The number of aromatic nitrogens is 1. The van der Waals surface area contributed by atoms with Crippen molar-refractivity contribution in [2.75, 3.05) is 26.8 Å². The molecule has 0 aliphatic carbocycles.